The summed E-state index contributed by atoms with van der Waals surface area (Å²) in [5.41, 5.74) is 7.53. The van der Waals surface area contributed by atoms with Gasteiger partial charge in [0.05, 0.1) is 10.9 Å². The van der Waals surface area contributed by atoms with Crippen molar-refractivity contribution in [3.8, 4) is 0 Å². The summed E-state index contributed by atoms with van der Waals surface area (Å²) in [6.45, 7) is 2.11. The van der Waals surface area contributed by atoms with Crippen LogP contribution in [0.1, 0.15) is 11.3 Å². The van der Waals surface area contributed by atoms with Gasteiger partial charge in [-0.05, 0) is 17.9 Å². The standard InChI is InChI=1S/C7H8N4O2/c1-4-2-5(3-8)9-7-6(4)11(12)13-10-7/h2H,3,8H2,1H3. The first kappa shape index (κ1) is 7.93. The molecule has 0 aliphatic heterocycles. The predicted molar refractivity (Wildman–Crippen MR) is 43.4 cm³/mol. The van der Waals surface area contributed by atoms with Crippen LogP contribution in [0.2, 0.25) is 0 Å². The van der Waals surface area contributed by atoms with Crippen LogP contribution in [0.3, 0.4) is 0 Å². The van der Waals surface area contributed by atoms with Gasteiger partial charge in [0.2, 0.25) is 5.52 Å². The molecule has 2 heterocycles. The number of fused-ring (bicyclic) bond motifs is 1. The van der Waals surface area contributed by atoms with E-state index in [2.05, 4.69) is 14.8 Å². The highest BCUT2D eigenvalue weighted by atomic mass is 16.8. The molecule has 0 unspecified atom stereocenters. The second kappa shape index (κ2) is 2.67. The largest absolute Gasteiger partial charge is 0.359 e. The minimum atomic E-state index is 0.301. The number of aryl methyl sites for hydroxylation is 1. The molecule has 0 atom stereocenters. The van der Waals surface area contributed by atoms with E-state index in [1.165, 1.54) is 0 Å². The van der Waals surface area contributed by atoms with Gasteiger partial charge in [0, 0.05) is 12.1 Å². The van der Waals surface area contributed by atoms with E-state index in [4.69, 9.17) is 5.73 Å². The highest BCUT2D eigenvalue weighted by molar-refractivity contribution is 5.69. The van der Waals surface area contributed by atoms with Crippen LogP contribution in [0.4, 0.5) is 0 Å². The summed E-state index contributed by atoms with van der Waals surface area (Å²) in [5.74, 6) is 0. The monoisotopic (exact) mass is 180 g/mol. The molecule has 6 heteroatoms. The summed E-state index contributed by atoms with van der Waals surface area (Å²) in [5, 5.41) is 14.5. The maximum Gasteiger partial charge on any atom is 0.341 e. The van der Waals surface area contributed by atoms with Crippen molar-refractivity contribution in [3.05, 3.63) is 22.5 Å². The van der Waals surface area contributed by atoms with E-state index >= 15 is 0 Å². The fraction of sp³-hybridized carbons (Fsp3) is 0.286. The summed E-state index contributed by atoms with van der Waals surface area (Å²) in [6.07, 6.45) is 0. The molecule has 6 nitrogen and oxygen atoms in total. The highest BCUT2D eigenvalue weighted by Crippen LogP contribution is 2.11. The number of nitrogens with zero attached hydrogens (tertiary/aromatic N) is 3. The second-order valence-corrected chi connectivity index (χ2v) is 2.74. The van der Waals surface area contributed by atoms with Gasteiger partial charge < -0.3 is 10.9 Å². The molecule has 0 saturated carbocycles. The van der Waals surface area contributed by atoms with Crippen molar-refractivity contribution in [2.75, 3.05) is 0 Å². The van der Waals surface area contributed by atoms with Crippen LogP contribution in [0.25, 0.3) is 11.2 Å². The van der Waals surface area contributed by atoms with Crippen LogP contribution in [0.5, 0.6) is 0 Å². The topological polar surface area (TPSA) is 91.9 Å². The van der Waals surface area contributed by atoms with Crippen molar-refractivity contribution in [1.29, 1.82) is 0 Å². The zero-order valence-corrected chi connectivity index (χ0v) is 7.02. The van der Waals surface area contributed by atoms with Crippen LogP contribution in [-0.4, -0.2) is 10.1 Å². The molecule has 0 fully saturated rings. The molecule has 0 bridgehead atoms. The predicted octanol–water partition coefficient (Wildman–Crippen LogP) is -0.377. The molecule has 2 aromatic heterocycles. The lowest BCUT2D eigenvalue weighted by atomic mass is 10.2. The van der Waals surface area contributed by atoms with Crippen molar-refractivity contribution >= 4 is 11.2 Å². The Morgan fingerprint density at radius 2 is 2.46 bits per heavy atom. The lowest BCUT2D eigenvalue weighted by Crippen LogP contribution is -2.23. The maximum atomic E-state index is 11.0. The lowest BCUT2D eigenvalue weighted by molar-refractivity contribution is -0.782. The summed E-state index contributed by atoms with van der Waals surface area (Å²) >= 11 is 0. The molecular weight excluding hydrogens is 172 g/mol. The molecule has 0 aliphatic carbocycles. The van der Waals surface area contributed by atoms with Gasteiger partial charge in [0.1, 0.15) is 0 Å². The first-order valence-corrected chi connectivity index (χ1v) is 3.78. The molecule has 2 aromatic rings. The zero-order valence-electron chi connectivity index (χ0n) is 7.02. The van der Waals surface area contributed by atoms with Gasteiger partial charge in [0.25, 0.3) is 0 Å². The van der Waals surface area contributed by atoms with Crippen molar-refractivity contribution < 1.29 is 9.53 Å². The van der Waals surface area contributed by atoms with E-state index < -0.39 is 0 Å². The van der Waals surface area contributed by atoms with Gasteiger partial charge in [-0.2, -0.15) is 0 Å². The van der Waals surface area contributed by atoms with E-state index in [0.717, 1.165) is 5.56 Å². The third-order valence-corrected chi connectivity index (χ3v) is 1.81. The molecule has 0 aromatic carbocycles. The Balaban J connectivity index is 2.79. The normalized spacial score (nSPS) is 10.9. The fourth-order valence-electron chi connectivity index (χ4n) is 1.23. The van der Waals surface area contributed by atoms with E-state index in [9.17, 15) is 5.21 Å². The first-order chi connectivity index (χ1) is 6.22. The summed E-state index contributed by atoms with van der Waals surface area (Å²) < 4.78 is 4.40. The Hall–Kier alpha value is -1.69. The molecule has 2 N–H and O–H groups in total. The van der Waals surface area contributed by atoms with E-state index in [-0.39, 0.29) is 0 Å². The van der Waals surface area contributed by atoms with Gasteiger partial charge in [0.15, 0.2) is 0 Å². The van der Waals surface area contributed by atoms with Crippen molar-refractivity contribution in [2.45, 2.75) is 13.5 Å². The summed E-state index contributed by atoms with van der Waals surface area (Å²) in [7, 11) is 0. The Morgan fingerprint density at radius 1 is 1.69 bits per heavy atom. The van der Waals surface area contributed by atoms with Crippen molar-refractivity contribution in [2.24, 2.45) is 5.73 Å². The van der Waals surface area contributed by atoms with Gasteiger partial charge >= 0.3 is 5.65 Å². The molecular formula is C7H8N4O2. The quantitative estimate of drug-likeness (QED) is 0.604. The maximum absolute atomic E-state index is 11.0. The minimum absolute atomic E-state index is 0.301. The molecule has 68 valence electrons. The molecule has 0 amide bonds. The SMILES string of the molecule is Cc1cc(CN)nc2no[n+]([O-])c12. The zero-order chi connectivity index (χ0) is 9.42. The fourth-order valence-corrected chi connectivity index (χ4v) is 1.23. The van der Waals surface area contributed by atoms with Crippen LogP contribution in [0, 0.1) is 12.1 Å². The average Bonchev–Trinajstić information content (AvgIpc) is 2.48. The average molecular weight is 180 g/mol. The molecule has 0 radical (unpaired) electrons. The Morgan fingerprint density at radius 3 is 3.15 bits per heavy atom. The van der Waals surface area contributed by atoms with Gasteiger partial charge in [-0.15, -0.1) is 0 Å². The number of aromatic nitrogens is 3. The van der Waals surface area contributed by atoms with Gasteiger partial charge in [-0.25, -0.2) is 4.98 Å². The van der Waals surface area contributed by atoms with Crippen LogP contribution < -0.4 is 10.6 Å². The Labute approximate surface area is 73.5 Å². The number of hydrogen-bond donors (Lipinski definition) is 1. The number of rotatable bonds is 1. The van der Waals surface area contributed by atoms with Crippen molar-refractivity contribution in [1.82, 2.24) is 10.1 Å². The summed E-state index contributed by atoms with van der Waals surface area (Å²) in [6, 6.07) is 1.74. The second-order valence-electron chi connectivity index (χ2n) is 2.74. The minimum Gasteiger partial charge on any atom is -0.359 e. The van der Waals surface area contributed by atoms with Gasteiger partial charge in [-0.3, -0.25) is 4.63 Å². The number of hydrogen-bond acceptors (Lipinski definition) is 5. The summed E-state index contributed by atoms with van der Waals surface area (Å²) in [4.78, 5) is 4.37. The van der Waals surface area contributed by atoms with Crippen LogP contribution in [0.15, 0.2) is 10.7 Å². The number of pyridine rings is 1. The van der Waals surface area contributed by atoms with Gasteiger partial charge in [-0.1, -0.05) is 0 Å². The first-order valence-electron chi connectivity index (χ1n) is 3.78. The Bertz CT molecular complexity index is 451. The highest BCUT2D eigenvalue weighted by Gasteiger charge is 2.14. The molecule has 0 spiro atoms. The molecule has 0 aliphatic rings. The number of nitrogens with two attached hydrogens (primary N) is 1. The lowest BCUT2D eigenvalue weighted by Gasteiger charge is -1.95. The molecule has 2 rings (SSSR count). The van der Waals surface area contributed by atoms with Crippen LogP contribution in [-0.2, 0) is 6.54 Å². The van der Waals surface area contributed by atoms with E-state index in [0.29, 0.717) is 28.3 Å². The van der Waals surface area contributed by atoms with Crippen LogP contribution >= 0.6 is 0 Å². The molecule has 0 saturated heterocycles. The smallest absolute Gasteiger partial charge is 0.341 e. The van der Waals surface area contributed by atoms with Crippen molar-refractivity contribution in [3.63, 3.8) is 0 Å². The van der Waals surface area contributed by atoms with E-state index in [1.54, 1.807) is 13.0 Å². The third-order valence-electron chi connectivity index (χ3n) is 1.81. The Kier molecular flexibility index (Phi) is 1.63. The van der Waals surface area contributed by atoms with E-state index in [1.807, 2.05) is 0 Å². The third kappa shape index (κ3) is 1.11. The molecule has 13 heavy (non-hydrogen) atoms.